The molecule has 1 saturated heterocycles. The third kappa shape index (κ3) is 5.76. The number of carbonyl (C=O) groups excluding carboxylic acids is 1. The van der Waals surface area contributed by atoms with Gasteiger partial charge >= 0.3 is 0 Å². The lowest BCUT2D eigenvalue weighted by atomic mass is 9.96. The van der Waals surface area contributed by atoms with Gasteiger partial charge < -0.3 is 14.4 Å². The Hall–Kier alpha value is -0.660. The van der Waals surface area contributed by atoms with Gasteiger partial charge in [-0.25, -0.2) is 8.42 Å². The SMILES string of the molecule is CCN(CC)C(=O)C1CCC[NH+](CCCS(=O)(=O)[O-])C1. The highest BCUT2D eigenvalue weighted by Gasteiger charge is 2.30. The Morgan fingerprint density at radius 2 is 2.00 bits per heavy atom. The molecule has 6 nitrogen and oxygen atoms in total. The predicted octanol–water partition coefficient (Wildman–Crippen LogP) is -0.915. The minimum absolute atomic E-state index is 0.0440. The highest BCUT2D eigenvalue weighted by atomic mass is 32.2. The fourth-order valence-electron chi connectivity index (χ4n) is 2.88. The molecular formula is C13H26N2O4S. The molecule has 20 heavy (non-hydrogen) atoms. The van der Waals surface area contributed by atoms with Crippen molar-refractivity contribution in [1.29, 1.82) is 0 Å². The van der Waals surface area contributed by atoms with Gasteiger partial charge in [-0.1, -0.05) is 0 Å². The first kappa shape index (κ1) is 17.4. The van der Waals surface area contributed by atoms with Crippen LogP contribution in [-0.2, 0) is 14.9 Å². The van der Waals surface area contributed by atoms with Crippen LogP contribution < -0.4 is 4.90 Å². The number of piperidine rings is 1. The van der Waals surface area contributed by atoms with Crippen LogP contribution in [0.25, 0.3) is 0 Å². The molecule has 0 aliphatic carbocycles. The lowest BCUT2D eigenvalue weighted by Gasteiger charge is -2.32. The van der Waals surface area contributed by atoms with Crippen LogP contribution in [0, 0.1) is 5.92 Å². The summed E-state index contributed by atoms with van der Waals surface area (Å²) in [7, 11) is -4.11. The highest BCUT2D eigenvalue weighted by Crippen LogP contribution is 2.11. The van der Waals surface area contributed by atoms with Gasteiger partial charge in [0.1, 0.15) is 0 Å². The van der Waals surface area contributed by atoms with Gasteiger partial charge in [0.05, 0.1) is 35.7 Å². The second-order valence-corrected chi connectivity index (χ2v) is 6.94. The molecule has 1 heterocycles. The molecule has 0 saturated carbocycles. The first-order valence-corrected chi connectivity index (χ1v) is 9.01. The maximum absolute atomic E-state index is 12.3. The maximum atomic E-state index is 12.3. The van der Waals surface area contributed by atoms with Gasteiger partial charge in [0, 0.05) is 25.3 Å². The van der Waals surface area contributed by atoms with Crippen LogP contribution in [0.1, 0.15) is 33.1 Å². The molecular weight excluding hydrogens is 280 g/mol. The lowest BCUT2D eigenvalue weighted by Crippen LogP contribution is -3.13. The third-order valence-electron chi connectivity index (χ3n) is 3.97. The molecule has 0 aromatic heterocycles. The molecule has 2 unspecified atom stereocenters. The van der Waals surface area contributed by atoms with Crippen LogP contribution in [0.15, 0.2) is 0 Å². The Kier molecular flexibility index (Phi) is 6.91. The van der Waals surface area contributed by atoms with Crippen LogP contribution in [0.5, 0.6) is 0 Å². The third-order valence-corrected chi connectivity index (χ3v) is 4.76. The van der Waals surface area contributed by atoms with Crippen molar-refractivity contribution in [3.8, 4) is 0 Å². The summed E-state index contributed by atoms with van der Waals surface area (Å²) in [6.45, 7) is 7.80. The van der Waals surface area contributed by atoms with Crippen LogP contribution >= 0.6 is 0 Å². The Labute approximate surface area is 121 Å². The van der Waals surface area contributed by atoms with E-state index in [4.69, 9.17) is 0 Å². The molecule has 0 aromatic carbocycles. The van der Waals surface area contributed by atoms with E-state index in [0.29, 0.717) is 13.0 Å². The maximum Gasteiger partial charge on any atom is 0.231 e. The van der Waals surface area contributed by atoms with E-state index in [2.05, 4.69) is 0 Å². The minimum atomic E-state index is -4.11. The van der Waals surface area contributed by atoms with Gasteiger partial charge in [0.25, 0.3) is 0 Å². The largest absolute Gasteiger partial charge is 0.748 e. The zero-order chi connectivity index (χ0) is 15.2. The monoisotopic (exact) mass is 306 g/mol. The summed E-state index contributed by atoms with van der Waals surface area (Å²) in [5, 5.41) is 0. The summed E-state index contributed by atoms with van der Waals surface area (Å²) >= 11 is 0. The second kappa shape index (κ2) is 7.95. The van der Waals surface area contributed by atoms with Crippen molar-refractivity contribution in [2.24, 2.45) is 5.92 Å². The first-order chi connectivity index (χ1) is 9.37. The Balaban J connectivity index is 2.44. The van der Waals surface area contributed by atoms with Crippen molar-refractivity contribution < 1.29 is 22.7 Å². The molecule has 1 aliphatic rings. The molecule has 2 atom stereocenters. The molecule has 1 fully saturated rings. The van der Waals surface area contributed by atoms with Crippen molar-refractivity contribution in [1.82, 2.24) is 4.90 Å². The van der Waals surface area contributed by atoms with E-state index in [9.17, 15) is 17.8 Å². The summed E-state index contributed by atoms with van der Waals surface area (Å²) in [5.74, 6) is -0.0447. The smallest absolute Gasteiger partial charge is 0.231 e. The minimum Gasteiger partial charge on any atom is -0.748 e. The zero-order valence-electron chi connectivity index (χ0n) is 12.4. The van der Waals surface area contributed by atoms with E-state index in [1.54, 1.807) is 0 Å². The summed E-state index contributed by atoms with van der Waals surface area (Å²) in [5.41, 5.74) is 0. The predicted molar refractivity (Wildman–Crippen MR) is 75.4 cm³/mol. The van der Waals surface area contributed by atoms with E-state index in [1.807, 2.05) is 18.7 Å². The molecule has 0 radical (unpaired) electrons. The quantitative estimate of drug-likeness (QED) is 0.617. The van der Waals surface area contributed by atoms with Crippen LogP contribution in [0.2, 0.25) is 0 Å². The van der Waals surface area contributed by atoms with E-state index in [-0.39, 0.29) is 17.6 Å². The number of carbonyl (C=O) groups is 1. The van der Waals surface area contributed by atoms with Gasteiger partial charge in [0.2, 0.25) is 5.91 Å². The fraction of sp³-hybridized carbons (Fsp3) is 0.923. The van der Waals surface area contributed by atoms with E-state index < -0.39 is 10.1 Å². The van der Waals surface area contributed by atoms with Crippen LogP contribution in [0.4, 0.5) is 0 Å². The molecule has 1 rings (SSSR count). The number of likely N-dealkylation sites (tertiary alicyclic amines) is 1. The average molecular weight is 306 g/mol. The highest BCUT2D eigenvalue weighted by molar-refractivity contribution is 7.85. The summed E-state index contributed by atoms with van der Waals surface area (Å²) in [6.07, 6.45) is 2.28. The number of nitrogens with one attached hydrogen (secondary N) is 1. The van der Waals surface area contributed by atoms with Crippen molar-refractivity contribution in [2.75, 3.05) is 38.5 Å². The summed E-state index contributed by atoms with van der Waals surface area (Å²) in [6, 6.07) is 0. The number of nitrogens with zero attached hydrogens (tertiary/aromatic N) is 1. The van der Waals surface area contributed by atoms with Crippen LogP contribution in [-0.4, -0.2) is 62.3 Å². The van der Waals surface area contributed by atoms with E-state index >= 15 is 0 Å². The second-order valence-electron chi connectivity index (χ2n) is 5.42. The standard InChI is InChI=1S/C13H26N2O4S/c1-3-15(4-2)13(16)12-7-5-8-14(11-12)9-6-10-20(17,18)19/h12H,3-11H2,1-2H3,(H,17,18,19). The number of hydrogen-bond acceptors (Lipinski definition) is 4. The number of quaternary nitrogens is 1. The summed E-state index contributed by atoms with van der Waals surface area (Å²) in [4.78, 5) is 15.4. The van der Waals surface area contributed by atoms with E-state index in [1.165, 1.54) is 4.90 Å². The van der Waals surface area contributed by atoms with Crippen LogP contribution in [0.3, 0.4) is 0 Å². The Morgan fingerprint density at radius 3 is 2.55 bits per heavy atom. The fourth-order valence-corrected chi connectivity index (χ4v) is 3.38. The van der Waals surface area contributed by atoms with Crippen molar-refractivity contribution >= 4 is 16.0 Å². The topological polar surface area (TPSA) is 82.0 Å². The molecule has 0 spiro atoms. The van der Waals surface area contributed by atoms with Crippen molar-refractivity contribution in [3.63, 3.8) is 0 Å². The molecule has 0 aromatic rings. The molecule has 1 aliphatic heterocycles. The zero-order valence-corrected chi connectivity index (χ0v) is 13.2. The van der Waals surface area contributed by atoms with E-state index in [0.717, 1.165) is 39.0 Å². The van der Waals surface area contributed by atoms with Crippen molar-refractivity contribution in [2.45, 2.75) is 33.1 Å². The van der Waals surface area contributed by atoms with Gasteiger partial charge in [-0.15, -0.1) is 0 Å². The Bertz CT molecular complexity index is 407. The Morgan fingerprint density at radius 1 is 1.35 bits per heavy atom. The molecule has 1 amide bonds. The normalized spacial score (nSPS) is 23.6. The van der Waals surface area contributed by atoms with Gasteiger partial charge in [-0.05, 0) is 26.7 Å². The first-order valence-electron chi connectivity index (χ1n) is 7.43. The molecule has 0 bridgehead atoms. The lowest BCUT2D eigenvalue weighted by molar-refractivity contribution is -0.907. The van der Waals surface area contributed by atoms with Crippen molar-refractivity contribution in [3.05, 3.63) is 0 Å². The number of amides is 1. The van der Waals surface area contributed by atoms with Gasteiger partial charge in [0.15, 0.2) is 0 Å². The molecule has 1 N–H and O–H groups in total. The number of hydrogen-bond donors (Lipinski definition) is 1. The summed E-state index contributed by atoms with van der Waals surface area (Å²) < 4.78 is 31.8. The van der Waals surface area contributed by atoms with Gasteiger partial charge in [-0.2, -0.15) is 0 Å². The molecule has 7 heteroatoms. The van der Waals surface area contributed by atoms with Gasteiger partial charge in [-0.3, -0.25) is 4.79 Å². The molecule has 118 valence electrons. The number of rotatable bonds is 7. The average Bonchev–Trinajstić information content (AvgIpc) is 2.39.